The minimum Gasteiger partial charge on any atom is -0.346 e. The molecular formula is C13H18ClN3S2. The third-order valence-corrected chi connectivity index (χ3v) is 5.31. The van der Waals surface area contributed by atoms with Gasteiger partial charge in [-0.25, -0.2) is 4.98 Å². The molecule has 2 aromatic rings. The maximum absolute atomic E-state index is 5.95. The van der Waals surface area contributed by atoms with Crippen LogP contribution in [0, 0.1) is 0 Å². The van der Waals surface area contributed by atoms with Crippen molar-refractivity contribution in [3.8, 4) is 0 Å². The molecule has 0 radical (unpaired) electrons. The summed E-state index contributed by atoms with van der Waals surface area (Å²) in [6.45, 7) is 6.10. The summed E-state index contributed by atoms with van der Waals surface area (Å²) in [6.07, 6.45) is 1.96. The molecule has 2 aromatic heterocycles. The average molecular weight is 316 g/mol. The van der Waals surface area contributed by atoms with Gasteiger partial charge in [-0.1, -0.05) is 18.5 Å². The Morgan fingerprint density at radius 1 is 1.42 bits per heavy atom. The maximum atomic E-state index is 5.95. The molecule has 6 heteroatoms. The second-order valence-electron chi connectivity index (χ2n) is 4.39. The van der Waals surface area contributed by atoms with Crippen molar-refractivity contribution < 1.29 is 0 Å². The second-order valence-corrected chi connectivity index (χ2v) is 7.23. The first-order chi connectivity index (χ1) is 9.10. The van der Waals surface area contributed by atoms with Crippen LogP contribution in [0.4, 0.5) is 5.13 Å². The zero-order chi connectivity index (χ0) is 13.8. The highest BCUT2D eigenvalue weighted by molar-refractivity contribution is 7.16. The summed E-state index contributed by atoms with van der Waals surface area (Å²) >= 11 is 9.31. The molecule has 104 valence electrons. The third kappa shape index (κ3) is 3.92. The number of anilines is 1. The van der Waals surface area contributed by atoms with Crippen molar-refractivity contribution in [3.63, 3.8) is 0 Å². The number of nitrogens with zero attached hydrogens (tertiary/aromatic N) is 2. The number of aromatic nitrogens is 1. The zero-order valence-electron chi connectivity index (χ0n) is 11.3. The largest absolute Gasteiger partial charge is 0.346 e. The lowest BCUT2D eigenvalue weighted by Crippen LogP contribution is -2.16. The quantitative estimate of drug-likeness (QED) is 0.867. The van der Waals surface area contributed by atoms with Crippen LogP contribution in [0.1, 0.15) is 29.6 Å². The Morgan fingerprint density at radius 3 is 2.84 bits per heavy atom. The molecule has 0 fully saturated rings. The summed E-state index contributed by atoms with van der Waals surface area (Å²) in [5, 5.41) is 4.45. The molecule has 0 aromatic carbocycles. The highest BCUT2D eigenvalue weighted by Crippen LogP contribution is 2.29. The molecule has 0 aliphatic rings. The van der Waals surface area contributed by atoms with Gasteiger partial charge in [-0.15, -0.1) is 22.7 Å². The number of hydrogen-bond donors (Lipinski definition) is 1. The van der Waals surface area contributed by atoms with Gasteiger partial charge in [-0.2, -0.15) is 0 Å². The van der Waals surface area contributed by atoms with Gasteiger partial charge in [0.25, 0.3) is 0 Å². The SMILES string of the molecule is CCNC(C)c1cnc(N(C)Cc2ccc(Cl)s2)s1. The maximum Gasteiger partial charge on any atom is 0.185 e. The molecule has 1 unspecified atom stereocenters. The van der Waals surface area contributed by atoms with Gasteiger partial charge in [0.05, 0.1) is 10.9 Å². The highest BCUT2D eigenvalue weighted by Gasteiger charge is 2.12. The molecule has 0 saturated carbocycles. The topological polar surface area (TPSA) is 28.2 Å². The Bertz CT molecular complexity index is 523. The van der Waals surface area contributed by atoms with Crippen LogP contribution in [0.15, 0.2) is 18.3 Å². The fraction of sp³-hybridized carbons (Fsp3) is 0.462. The predicted molar refractivity (Wildman–Crippen MR) is 85.6 cm³/mol. The number of hydrogen-bond acceptors (Lipinski definition) is 5. The first-order valence-corrected chi connectivity index (χ1v) is 8.25. The highest BCUT2D eigenvalue weighted by atomic mass is 35.5. The van der Waals surface area contributed by atoms with Gasteiger partial charge in [-0.3, -0.25) is 0 Å². The van der Waals surface area contributed by atoms with E-state index in [2.05, 4.69) is 42.2 Å². The van der Waals surface area contributed by atoms with E-state index in [1.54, 1.807) is 22.7 Å². The standard InChI is InChI=1S/C13H18ClN3S2/c1-4-15-9(2)11-7-16-13(19-11)17(3)8-10-5-6-12(14)18-10/h5-7,9,15H,4,8H2,1-3H3. The van der Waals surface area contributed by atoms with Crippen LogP contribution in [0.3, 0.4) is 0 Å². The van der Waals surface area contributed by atoms with Crippen LogP contribution in [-0.4, -0.2) is 18.6 Å². The van der Waals surface area contributed by atoms with Gasteiger partial charge in [0, 0.05) is 29.0 Å². The van der Waals surface area contributed by atoms with Crippen molar-refractivity contribution in [2.75, 3.05) is 18.5 Å². The Labute approximate surface area is 127 Å². The van der Waals surface area contributed by atoms with Crippen molar-refractivity contribution in [2.24, 2.45) is 0 Å². The van der Waals surface area contributed by atoms with Crippen molar-refractivity contribution in [3.05, 3.63) is 32.4 Å². The molecule has 0 aliphatic heterocycles. The molecule has 0 bridgehead atoms. The minimum atomic E-state index is 0.362. The van der Waals surface area contributed by atoms with Gasteiger partial charge in [-0.05, 0) is 25.6 Å². The molecule has 2 rings (SSSR count). The number of thiazole rings is 1. The Morgan fingerprint density at radius 2 is 2.21 bits per heavy atom. The van der Waals surface area contributed by atoms with Crippen LogP contribution in [0.25, 0.3) is 0 Å². The van der Waals surface area contributed by atoms with E-state index in [1.165, 1.54) is 9.75 Å². The predicted octanol–water partition coefficient (Wildman–Crippen LogP) is 4.16. The summed E-state index contributed by atoms with van der Waals surface area (Å²) < 4.78 is 0.837. The van der Waals surface area contributed by atoms with E-state index in [9.17, 15) is 0 Å². The van der Waals surface area contributed by atoms with E-state index in [-0.39, 0.29) is 0 Å². The molecule has 19 heavy (non-hydrogen) atoms. The van der Waals surface area contributed by atoms with E-state index in [0.717, 1.165) is 22.6 Å². The summed E-state index contributed by atoms with van der Waals surface area (Å²) in [5.41, 5.74) is 0. The van der Waals surface area contributed by atoms with E-state index in [1.807, 2.05) is 12.3 Å². The molecule has 0 saturated heterocycles. The van der Waals surface area contributed by atoms with Crippen LogP contribution < -0.4 is 10.2 Å². The smallest absolute Gasteiger partial charge is 0.185 e. The summed E-state index contributed by atoms with van der Waals surface area (Å²) in [5.74, 6) is 0. The molecule has 1 N–H and O–H groups in total. The number of rotatable bonds is 6. The van der Waals surface area contributed by atoms with Crippen molar-refractivity contribution in [2.45, 2.75) is 26.4 Å². The number of thiophene rings is 1. The van der Waals surface area contributed by atoms with E-state index < -0.39 is 0 Å². The van der Waals surface area contributed by atoms with Crippen LogP contribution >= 0.6 is 34.3 Å². The normalized spacial score (nSPS) is 12.6. The second kappa shape index (κ2) is 6.70. The lowest BCUT2D eigenvalue weighted by Gasteiger charge is -2.14. The molecule has 1 atom stereocenters. The van der Waals surface area contributed by atoms with Gasteiger partial charge in [0.2, 0.25) is 0 Å². The fourth-order valence-corrected chi connectivity index (χ4v) is 3.84. The first-order valence-electron chi connectivity index (χ1n) is 6.24. The fourth-order valence-electron chi connectivity index (χ4n) is 1.80. The molecule has 2 heterocycles. The lowest BCUT2D eigenvalue weighted by atomic mass is 10.3. The lowest BCUT2D eigenvalue weighted by molar-refractivity contribution is 0.606. The third-order valence-electron chi connectivity index (χ3n) is 2.80. The van der Waals surface area contributed by atoms with Gasteiger partial charge >= 0.3 is 0 Å². The summed E-state index contributed by atoms with van der Waals surface area (Å²) in [7, 11) is 2.06. The van der Waals surface area contributed by atoms with Crippen molar-refractivity contribution in [1.82, 2.24) is 10.3 Å². The van der Waals surface area contributed by atoms with Crippen LogP contribution in [-0.2, 0) is 6.54 Å². The summed E-state index contributed by atoms with van der Waals surface area (Å²) in [4.78, 5) is 9.19. The van der Waals surface area contributed by atoms with Gasteiger partial charge in [0.1, 0.15) is 0 Å². The molecule has 0 aliphatic carbocycles. The Kier molecular flexibility index (Phi) is 5.21. The zero-order valence-corrected chi connectivity index (χ0v) is 13.7. The molecular weight excluding hydrogens is 298 g/mol. The number of nitrogens with one attached hydrogen (secondary N) is 1. The molecule has 0 spiro atoms. The van der Waals surface area contributed by atoms with Crippen LogP contribution in [0.2, 0.25) is 4.34 Å². The van der Waals surface area contributed by atoms with Crippen molar-refractivity contribution >= 4 is 39.4 Å². The number of halogens is 1. The molecule has 0 amide bonds. The van der Waals surface area contributed by atoms with Gasteiger partial charge < -0.3 is 10.2 Å². The molecule has 3 nitrogen and oxygen atoms in total. The van der Waals surface area contributed by atoms with E-state index >= 15 is 0 Å². The Balaban J connectivity index is 2.01. The van der Waals surface area contributed by atoms with E-state index in [4.69, 9.17) is 11.6 Å². The first kappa shape index (κ1) is 14.8. The monoisotopic (exact) mass is 315 g/mol. The average Bonchev–Trinajstić information content (AvgIpc) is 2.98. The summed E-state index contributed by atoms with van der Waals surface area (Å²) in [6, 6.07) is 4.37. The minimum absolute atomic E-state index is 0.362. The van der Waals surface area contributed by atoms with Crippen LogP contribution in [0.5, 0.6) is 0 Å². The Hall–Kier alpha value is -0.620. The van der Waals surface area contributed by atoms with Gasteiger partial charge in [0.15, 0.2) is 5.13 Å². The van der Waals surface area contributed by atoms with Crippen molar-refractivity contribution in [1.29, 1.82) is 0 Å². The van der Waals surface area contributed by atoms with E-state index in [0.29, 0.717) is 6.04 Å².